The summed E-state index contributed by atoms with van der Waals surface area (Å²) in [6, 6.07) is 10.1. The molecule has 1 aromatic heterocycles. The van der Waals surface area contributed by atoms with Crippen molar-refractivity contribution in [2.45, 2.75) is 37.1 Å². The molecular formula is C24H20Cl3F2N3O4S. The molecule has 0 aliphatic heterocycles. The number of nitrogens with zero attached hydrogens (tertiary/aromatic N) is 2. The van der Waals surface area contributed by atoms with E-state index in [0.29, 0.717) is 56.7 Å². The molecule has 1 amide bonds. The fraction of sp³-hybridized carbons (Fsp3) is 0.250. The number of nitrogens with one attached hydrogen (secondary N) is 1. The average Bonchev–Trinajstić information content (AvgIpc) is 3.20. The molecule has 2 aromatic carbocycles. The third kappa shape index (κ3) is 6.43. The van der Waals surface area contributed by atoms with Crippen LogP contribution in [0.5, 0.6) is 0 Å². The van der Waals surface area contributed by atoms with E-state index < -0.39 is 22.5 Å². The summed E-state index contributed by atoms with van der Waals surface area (Å²) >= 11 is 18.0. The van der Waals surface area contributed by atoms with Gasteiger partial charge in [-0.1, -0.05) is 40.9 Å². The number of fused-ring (bicyclic) bond motifs is 1. The summed E-state index contributed by atoms with van der Waals surface area (Å²) in [5, 5.41) is 5.31. The largest absolute Gasteiger partial charge is 0.445 e. The Bertz CT molecular complexity index is 1460. The first-order chi connectivity index (χ1) is 17.5. The molecular weight excluding hydrogens is 571 g/mol. The van der Waals surface area contributed by atoms with Crippen LogP contribution in [0.3, 0.4) is 0 Å². The van der Waals surface area contributed by atoms with Crippen LogP contribution in [-0.4, -0.2) is 30.9 Å². The van der Waals surface area contributed by atoms with Crippen LogP contribution in [-0.2, 0) is 27.7 Å². The Morgan fingerprint density at radius 2 is 1.81 bits per heavy atom. The summed E-state index contributed by atoms with van der Waals surface area (Å²) in [6.45, 7) is -0.156. The Labute approximate surface area is 227 Å². The van der Waals surface area contributed by atoms with Gasteiger partial charge in [0.1, 0.15) is 12.3 Å². The molecule has 3 aromatic rings. The third-order valence-corrected chi connectivity index (χ3v) is 7.85. The van der Waals surface area contributed by atoms with Crippen molar-refractivity contribution in [1.82, 2.24) is 14.5 Å². The SMILES string of the molecule is O=C(NS(=O)(=O)c1ccc(Cl)cc1)OC/C=C1\CCCc2c(C(F)F)nn(Cc3ccc(Cl)cc3Cl)c21. The zero-order chi connectivity index (χ0) is 26.7. The molecule has 13 heteroatoms. The number of ether oxygens (including phenoxy) is 1. The van der Waals surface area contributed by atoms with Gasteiger partial charge in [0.05, 0.1) is 17.1 Å². The molecule has 0 atom stereocenters. The van der Waals surface area contributed by atoms with Crippen LogP contribution in [0.25, 0.3) is 5.57 Å². The number of sulfonamides is 1. The molecule has 1 aliphatic carbocycles. The quantitative estimate of drug-likeness (QED) is 0.332. The van der Waals surface area contributed by atoms with E-state index in [4.69, 9.17) is 39.5 Å². The molecule has 0 saturated carbocycles. The van der Waals surface area contributed by atoms with Crippen molar-refractivity contribution < 1.29 is 26.7 Å². The van der Waals surface area contributed by atoms with Crippen LogP contribution in [0, 0.1) is 0 Å². The molecule has 0 saturated heterocycles. The van der Waals surface area contributed by atoms with Gasteiger partial charge in [-0.2, -0.15) is 5.10 Å². The van der Waals surface area contributed by atoms with Crippen molar-refractivity contribution in [2.75, 3.05) is 6.61 Å². The lowest BCUT2D eigenvalue weighted by Crippen LogP contribution is -2.31. The standard InChI is InChI=1S/C24H20Cl3F2N3O4S/c25-16-6-8-18(9-7-16)37(34,35)31-24(33)36-11-10-14-2-1-3-19-21(23(28)29)30-32(22(14)19)13-15-4-5-17(26)12-20(15)27/h4-10,12,23H,1-3,11,13H2,(H,31,33)/b14-10+. The minimum atomic E-state index is -4.16. The van der Waals surface area contributed by atoms with Gasteiger partial charge in [-0.3, -0.25) is 4.68 Å². The van der Waals surface area contributed by atoms with Crippen LogP contribution in [0.4, 0.5) is 13.6 Å². The van der Waals surface area contributed by atoms with Gasteiger partial charge in [0.25, 0.3) is 16.4 Å². The van der Waals surface area contributed by atoms with E-state index >= 15 is 0 Å². The number of benzene rings is 2. The number of alkyl halides is 2. The molecule has 1 heterocycles. The van der Waals surface area contributed by atoms with Crippen molar-refractivity contribution in [2.24, 2.45) is 0 Å². The molecule has 0 fully saturated rings. The second kappa shape index (κ2) is 11.4. The molecule has 0 bridgehead atoms. The summed E-state index contributed by atoms with van der Waals surface area (Å²) < 4.78 is 60.5. The van der Waals surface area contributed by atoms with E-state index in [-0.39, 0.29) is 23.7 Å². The topological polar surface area (TPSA) is 90.3 Å². The van der Waals surface area contributed by atoms with Crippen molar-refractivity contribution in [3.05, 3.63) is 86.1 Å². The highest BCUT2D eigenvalue weighted by Gasteiger charge is 2.29. The van der Waals surface area contributed by atoms with Gasteiger partial charge >= 0.3 is 6.09 Å². The predicted octanol–water partition coefficient (Wildman–Crippen LogP) is 6.66. The summed E-state index contributed by atoms with van der Waals surface area (Å²) in [5.74, 6) is 0. The zero-order valence-corrected chi connectivity index (χ0v) is 22.1. The fourth-order valence-corrected chi connectivity index (χ4v) is 5.51. The number of halogens is 5. The average molecular weight is 591 g/mol. The van der Waals surface area contributed by atoms with Crippen LogP contribution >= 0.6 is 34.8 Å². The maximum atomic E-state index is 13.8. The van der Waals surface area contributed by atoms with Gasteiger partial charge in [0.15, 0.2) is 0 Å². The highest BCUT2D eigenvalue weighted by Crippen LogP contribution is 2.37. The lowest BCUT2D eigenvalue weighted by molar-refractivity contribution is 0.144. The molecule has 196 valence electrons. The minimum Gasteiger partial charge on any atom is -0.445 e. The number of hydrogen-bond acceptors (Lipinski definition) is 5. The van der Waals surface area contributed by atoms with Crippen molar-refractivity contribution in [3.63, 3.8) is 0 Å². The van der Waals surface area contributed by atoms with Crippen LogP contribution in [0.2, 0.25) is 15.1 Å². The number of allylic oxidation sites excluding steroid dienone is 1. The van der Waals surface area contributed by atoms with Gasteiger partial charge in [-0.05, 0) is 72.9 Å². The lowest BCUT2D eigenvalue weighted by atomic mass is 9.91. The number of rotatable bonds is 7. The van der Waals surface area contributed by atoms with E-state index in [1.54, 1.807) is 24.3 Å². The van der Waals surface area contributed by atoms with Crippen molar-refractivity contribution in [3.8, 4) is 0 Å². The van der Waals surface area contributed by atoms with Gasteiger partial charge < -0.3 is 4.74 Å². The number of amides is 1. The minimum absolute atomic E-state index is 0.128. The highest BCUT2D eigenvalue weighted by atomic mass is 35.5. The maximum absolute atomic E-state index is 13.8. The monoisotopic (exact) mass is 589 g/mol. The van der Waals surface area contributed by atoms with Crippen molar-refractivity contribution >= 4 is 56.5 Å². The number of carbonyl (C=O) groups is 1. The molecule has 1 N–H and O–H groups in total. The Morgan fingerprint density at radius 3 is 2.49 bits per heavy atom. The van der Waals surface area contributed by atoms with Crippen LogP contribution < -0.4 is 4.72 Å². The first-order valence-electron chi connectivity index (χ1n) is 11.0. The smallest absolute Gasteiger partial charge is 0.421 e. The molecule has 7 nitrogen and oxygen atoms in total. The predicted molar refractivity (Wildman–Crippen MR) is 137 cm³/mol. The van der Waals surface area contributed by atoms with Gasteiger partial charge in [-0.25, -0.2) is 26.7 Å². The summed E-state index contributed by atoms with van der Waals surface area (Å²) in [5.41, 5.74) is 1.92. The molecule has 0 spiro atoms. The maximum Gasteiger partial charge on any atom is 0.421 e. The third-order valence-electron chi connectivity index (χ3n) is 5.69. The normalized spacial score (nSPS) is 14.6. The van der Waals surface area contributed by atoms with Gasteiger partial charge in [0.2, 0.25) is 0 Å². The molecule has 0 radical (unpaired) electrons. The highest BCUT2D eigenvalue weighted by molar-refractivity contribution is 7.90. The van der Waals surface area contributed by atoms with Crippen molar-refractivity contribution in [1.29, 1.82) is 0 Å². The van der Waals surface area contributed by atoms with Crippen LogP contribution in [0.15, 0.2) is 53.4 Å². The van der Waals surface area contributed by atoms with E-state index in [1.165, 1.54) is 28.9 Å². The first kappa shape index (κ1) is 27.4. The molecule has 4 rings (SSSR count). The van der Waals surface area contributed by atoms with Crippen LogP contribution in [0.1, 0.15) is 41.8 Å². The molecule has 1 aliphatic rings. The number of aromatic nitrogens is 2. The van der Waals surface area contributed by atoms with Gasteiger partial charge in [0, 0.05) is 20.6 Å². The first-order valence-corrected chi connectivity index (χ1v) is 13.6. The molecule has 0 unspecified atom stereocenters. The summed E-state index contributed by atoms with van der Waals surface area (Å²) in [4.78, 5) is 12.0. The Kier molecular flexibility index (Phi) is 8.42. The van der Waals surface area contributed by atoms with Gasteiger partial charge in [-0.15, -0.1) is 0 Å². The lowest BCUT2D eigenvalue weighted by Gasteiger charge is -2.19. The van der Waals surface area contributed by atoms with E-state index in [2.05, 4.69) is 5.10 Å². The second-order valence-corrected chi connectivity index (χ2v) is 11.1. The Hall–Kier alpha value is -2.66. The van der Waals surface area contributed by atoms with E-state index in [0.717, 1.165) is 0 Å². The van der Waals surface area contributed by atoms with E-state index in [1.807, 2.05) is 4.72 Å². The Morgan fingerprint density at radius 1 is 1.11 bits per heavy atom. The number of carbonyl (C=O) groups excluding carboxylic acids is 1. The molecule has 37 heavy (non-hydrogen) atoms. The van der Waals surface area contributed by atoms with E-state index in [9.17, 15) is 22.0 Å². The zero-order valence-electron chi connectivity index (χ0n) is 19.1. The fourth-order valence-electron chi connectivity index (χ4n) is 4.03. The number of hydrogen-bond donors (Lipinski definition) is 1. The second-order valence-electron chi connectivity index (χ2n) is 8.15. The Balaban J connectivity index is 1.53. The summed E-state index contributed by atoms with van der Waals surface area (Å²) in [7, 11) is -4.16. The summed E-state index contributed by atoms with van der Waals surface area (Å²) in [6.07, 6.45) is -0.842.